The molecule has 0 amide bonds. The van der Waals surface area contributed by atoms with Crippen molar-refractivity contribution in [2.45, 2.75) is 27.3 Å². The van der Waals surface area contributed by atoms with Crippen LogP contribution in [0.1, 0.15) is 34.2 Å². The van der Waals surface area contributed by atoms with Gasteiger partial charge in [-0.15, -0.1) is 0 Å². The summed E-state index contributed by atoms with van der Waals surface area (Å²) in [6, 6.07) is 7.49. The minimum absolute atomic E-state index is 0.262. The van der Waals surface area contributed by atoms with Crippen LogP contribution in [-0.4, -0.2) is 27.6 Å². The molecule has 0 aliphatic carbocycles. The smallest absolute Gasteiger partial charge is 0.339 e. The number of carbonyl (C=O) groups is 1. The highest BCUT2D eigenvalue weighted by atomic mass is 16.4. The van der Waals surface area contributed by atoms with E-state index >= 15 is 0 Å². The predicted octanol–water partition coefficient (Wildman–Crippen LogP) is 2.82. The number of carboxylic acid groups (broad SMARTS) is 1. The van der Waals surface area contributed by atoms with Crippen LogP contribution >= 0.6 is 0 Å². The summed E-state index contributed by atoms with van der Waals surface area (Å²) >= 11 is 0. The molecule has 110 valence electrons. The summed E-state index contributed by atoms with van der Waals surface area (Å²) < 4.78 is 0. The largest absolute Gasteiger partial charge is 0.478 e. The van der Waals surface area contributed by atoms with Gasteiger partial charge >= 0.3 is 5.97 Å². The molecule has 21 heavy (non-hydrogen) atoms. The van der Waals surface area contributed by atoms with E-state index in [0.717, 1.165) is 17.0 Å². The fraction of sp³-hybridized carbons (Fsp3) is 0.312. The fourth-order valence-electron chi connectivity index (χ4n) is 2.33. The van der Waals surface area contributed by atoms with Crippen molar-refractivity contribution in [3.05, 3.63) is 53.0 Å². The van der Waals surface area contributed by atoms with Crippen LogP contribution < -0.4 is 4.90 Å². The zero-order chi connectivity index (χ0) is 15.4. The third kappa shape index (κ3) is 3.37. The molecule has 0 aliphatic rings. The van der Waals surface area contributed by atoms with E-state index < -0.39 is 5.97 Å². The van der Waals surface area contributed by atoms with Crippen LogP contribution in [0.25, 0.3) is 0 Å². The molecule has 1 N–H and O–H groups in total. The third-order valence-electron chi connectivity index (χ3n) is 3.30. The van der Waals surface area contributed by atoms with Crippen molar-refractivity contribution in [2.75, 3.05) is 11.4 Å². The van der Waals surface area contributed by atoms with Crippen molar-refractivity contribution in [3.8, 4) is 0 Å². The Hall–Kier alpha value is -2.43. The van der Waals surface area contributed by atoms with E-state index in [2.05, 4.69) is 9.97 Å². The number of aromatic nitrogens is 2. The van der Waals surface area contributed by atoms with Crippen molar-refractivity contribution in [3.63, 3.8) is 0 Å². The molecular formula is C16H19N3O2. The minimum Gasteiger partial charge on any atom is -0.478 e. The molecule has 0 bridgehead atoms. The van der Waals surface area contributed by atoms with Crippen LogP contribution in [0.15, 0.2) is 30.5 Å². The first-order valence-electron chi connectivity index (χ1n) is 6.89. The first-order chi connectivity index (χ1) is 10.0. The highest BCUT2D eigenvalue weighted by Crippen LogP contribution is 2.23. The molecular weight excluding hydrogens is 266 g/mol. The Balaban J connectivity index is 2.44. The second-order valence-electron chi connectivity index (χ2n) is 4.92. The van der Waals surface area contributed by atoms with Crippen molar-refractivity contribution >= 4 is 11.8 Å². The van der Waals surface area contributed by atoms with Gasteiger partial charge in [0.2, 0.25) is 0 Å². The standard InChI is InChI=1S/C16H19N3O2/c1-4-19(10-13-7-5-6-8-17-13)15-14(16(20)21)11(2)9-12(3)18-15/h5-9H,4,10H2,1-3H3,(H,20,21). The number of pyridine rings is 2. The molecule has 0 radical (unpaired) electrons. The van der Waals surface area contributed by atoms with Gasteiger partial charge in [-0.05, 0) is 44.5 Å². The number of nitrogens with zero attached hydrogens (tertiary/aromatic N) is 3. The van der Waals surface area contributed by atoms with E-state index in [4.69, 9.17) is 0 Å². The molecule has 2 heterocycles. The predicted molar refractivity (Wildman–Crippen MR) is 81.6 cm³/mol. The number of hydrogen-bond acceptors (Lipinski definition) is 4. The normalized spacial score (nSPS) is 10.4. The molecule has 0 saturated heterocycles. The van der Waals surface area contributed by atoms with Crippen LogP contribution in [0.2, 0.25) is 0 Å². The lowest BCUT2D eigenvalue weighted by molar-refractivity contribution is 0.0696. The lowest BCUT2D eigenvalue weighted by Crippen LogP contribution is -2.26. The fourth-order valence-corrected chi connectivity index (χ4v) is 2.33. The topological polar surface area (TPSA) is 66.3 Å². The lowest BCUT2D eigenvalue weighted by atomic mass is 10.1. The highest BCUT2D eigenvalue weighted by Gasteiger charge is 2.20. The maximum Gasteiger partial charge on any atom is 0.339 e. The summed E-state index contributed by atoms with van der Waals surface area (Å²) in [5.74, 6) is -0.442. The van der Waals surface area contributed by atoms with Crippen LogP contribution in [0.4, 0.5) is 5.82 Å². The van der Waals surface area contributed by atoms with E-state index in [0.29, 0.717) is 18.9 Å². The number of hydrogen-bond donors (Lipinski definition) is 1. The monoisotopic (exact) mass is 285 g/mol. The van der Waals surface area contributed by atoms with Gasteiger partial charge in [0.15, 0.2) is 0 Å². The van der Waals surface area contributed by atoms with Crippen LogP contribution in [0.3, 0.4) is 0 Å². The van der Waals surface area contributed by atoms with E-state index in [1.54, 1.807) is 19.2 Å². The zero-order valence-corrected chi connectivity index (χ0v) is 12.5. The molecule has 0 spiro atoms. The molecule has 0 fully saturated rings. The van der Waals surface area contributed by atoms with Crippen LogP contribution in [-0.2, 0) is 6.54 Å². The Kier molecular flexibility index (Phi) is 4.52. The van der Waals surface area contributed by atoms with Crippen molar-refractivity contribution < 1.29 is 9.90 Å². The van der Waals surface area contributed by atoms with Gasteiger partial charge in [-0.1, -0.05) is 6.07 Å². The Morgan fingerprint density at radius 1 is 1.33 bits per heavy atom. The Morgan fingerprint density at radius 3 is 2.67 bits per heavy atom. The molecule has 5 heteroatoms. The maximum atomic E-state index is 11.5. The van der Waals surface area contributed by atoms with Crippen LogP contribution in [0, 0.1) is 13.8 Å². The van der Waals surface area contributed by atoms with E-state index in [1.807, 2.05) is 36.9 Å². The summed E-state index contributed by atoms with van der Waals surface area (Å²) in [7, 11) is 0. The molecule has 0 unspecified atom stereocenters. The van der Waals surface area contributed by atoms with Gasteiger partial charge in [0.05, 0.1) is 12.2 Å². The molecule has 2 aromatic heterocycles. The molecule has 5 nitrogen and oxygen atoms in total. The highest BCUT2D eigenvalue weighted by molar-refractivity contribution is 5.95. The Labute approximate surface area is 124 Å². The quantitative estimate of drug-likeness (QED) is 0.915. The molecule has 0 saturated carbocycles. The van der Waals surface area contributed by atoms with Crippen molar-refractivity contribution in [1.82, 2.24) is 9.97 Å². The van der Waals surface area contributed by atoms with Crippen LogP contribution in [0.5, 0.6) is 0 Å². The van der Waals surface area contributed by atoms with Gasteiger partial charge in [0.1, 0.15) is 11.4 Å². The number of carboxylic acids is 1. The number of aryl methyl sites for hydroxylation is 2. The van der Waals surface area contributed by atoms with Crippen molar-refractivity contribution in [1.29, 1.82) is 0 Å². The number of aromatic carboxylic acids is 1. The van der Waals surface area contributed by atoms with Gasteiger partial charge in [-0.3, -0.25) is 4.98 Å². The summed E-state index contributed by atoms with van der Waals surface area (Å²) in [6.45, 7) is 6.85. The molecule has 2 rings (SSSR count). The van der Waals surface area contributed by atoms with Gasteiger partial charge in [0, 0.05) is 18.4 Å². The van der Waals surface area contributed by atoms with E-state index in [-0.39, 0.29) is 5.56 Å². The summed E-state index contributed by atoms with van der Waals surface area (Å²) in [5, 5.41) is 9.47. The Morgan fingerprint density at radius 2 is 2.10 bits per heavy atom. The van der Waals surface area contributed by atoms with Gasteiger partial charge in [-0.25, -0.2) is 9.78 Å². The maximum absolute atomic E-state index is 11.5. The summed E-state index contributed by atoms with van der Waals surface area (Å²) in [6.07, 6.45) is 1.73. The van der Waals surface area contributed by atoms with Crippen molar-refractivity contribution in [2.24, 2.45) is 0 Å². The lowest BCUT2D eigenvalue weighted by Gasteiger charge is -2.24. The average Bonchev–Trinajstić information content (AvgIpc) is 2.44. The number of anilines is 1. The first-order valence-corrected chi connectivity index (χ1v) is 6.89. The van der Waals surface area contributed by atoms with Gasteiger partial charge in [-0.2, -0.15) is 0 Å². The molecule has 0 atom stereocenters. The van der Waals surface area contributed by atoms with E-state index in [9.17, 15) is 9.90 Å². The second-order valence-corrected chi connectivity index (χ2v) is 4.92. The average molecular weight is 285 g/mol. The SMILES string of the molecule is CCN(Cc1ccccn1)c1nc(C)cc(C)c1C(=O)O. The van der Waals surface area contributed by atoms with Gasteiger partial charge < -0.3 is 10.0 Å². The molecule has 2 aromatic rings. The first kappa shape index (κ1) is 15.0. The molecule has 0 aromatic carbocycles. The van der Waals surface area contributed by atoms with E-state index in [1.165, 1.54) is 0 Å². The third-order valence-corrected chi connectivity index (χ3v) is 3.30. The summed E-state index contributed by atoms with van der Waals surface area (Å²) in [4.78, 5) is 22.2. The minimum atomic E-state index is -0.950. The number of rotatable bonds is 5. The van der Waals surface area contributed by atoms with Gasteiger partial charge in [0.25, 0.3) is 0 Å². The Bertz CT molecular complexity index is 641. The zero-order valence-electron chi connectivity index (χ0n) is 12.5. The second kappa shape index (κ2) is 6.35. The molecule has 0 aliphatic heterocycles. The summed E-state index contributed by atoms with van der Waals surface area (Å²) in [5.41, 5.74) is 2.69.